The Labute approximate surface area is 88.2 Å². The lowest BCUT2D eigenvalue weighted by atomic mass is 10.2. The molecule has 2 nitrogen and oxygen atoms in total. The number of carbonyl (C=O) groups excluding carboxylic acids is 1. The van der Waals surface area contributed by atoms with Crippen molar-refractivity contribution in [3.8, 4) is 0 Å². The molecule has 3 heteroatoms. The lowest BCUT2D eigenvalue weighted by Crippen LogP contribution is -2.09. The summed E-state index contributed by atoms with van der Waals surface area (Å²) < 4.78 is 6.13. The van der Waals surface area contributed by atoms with Gasteiger partial charge >= 0.3 is 5.97 Å². The Bertz CT molecular complexity index is 124. The molecule has 0 saturated carbocycles. The first-order valence-corrected chi connectivity index (χ1v) is 5.91. The van der Waals surface area contributed by atoms with Gasteiger partial charge in [0.1, 0.15) is 0 Å². The summed E-state index contributed by atoms with van der Waals surface area (Å²) >= 11 is 2.31. The van der Waals surface area contributed by atoms with Gasteiger partial charge in [0.2, 0.25) is 0 Å². The summed E-state index contributed by atoms with van der Waals surface area (Å²) in [7, 11) is 0. The molecule has 12 heavy (non-hydrogen) atoms. The average Bonchev–Trinajstić information content (AvgIpc) is 2.01. The fourth-order valence-corrected chi connectivity index (χ4v) is 1.23. The van der Waals surface area contributed by atoms with E-state index in [0.717, 1.165) is 17.3 Å². The first kappa shape index (κ1) is 12.2. The van der Waals surface area contributed by atoms with Crippen LogP contribution in [0, 0.1) is 5.92 Å². The molecule has 0 radical (unpaired) electrons. The molecule has 0 rings (SSSR count). The second kappa shape index (κ2) is 7.83. The second-order valence-electron chi connectivity index (χ2n) is 3.22. The minimum Gasteiger partial charge on any atom is -0.465 e. The fourth-order valence-electron chi connectivity index (χ4n) is 0.696. The lowest BCUT2D eigenvalue weighted by Gasteiger charge is -2.06. The SMILES string of the molecule is CC(C)COC(=O)CCCCI. The molecule has 0 fully saturated rings. The predicted molar refractivity (Wildman–Crippen MR) is 58.5 cm³/mol. The van der Waals surface area contributed by atoms with E-state index in [9.17, 15) is 4.79 Å². The number of halogens is 1. The smallest absolute Gasteiger partial charge is 0.305 e. The van der Waals surface area contributed by atoms with Crippen molar-refractivity contribution in [2.45, 2.75) is 33.1 Å². The van der Waals surface area contributed by atoms with Crippen molar-refractivity contribution in [1.82, 2.24) is 0 Å². The van der Waals surface area contributed by atoms with Crippen LogP contribution in [-0.4, -0.2) is 17.0 Å². The van der Waals surface area contributed by atoms with Crippen molar-refractivity contribution >= 4 is 28.6 Å². The van der Waals surface area contributed by atoms with E-state index >= 15 is 0 Å². The van der Waals surface area contributed by atoms with Gasteiger partial charge in [0.15, 0.2) is 0 Å². The Morgan fingerprint density at radius 2 is 2.08 bits per heavy atom. The number of rotatable bonds is 6. The van der Waals surface area contributed by atoms with E-state index in [-0.39, 0.29) is 5.97 Å². The van der Waals surface area contributed by atoms with Crippen LogP contribution in [0.1, 0.15) is 33.1 Å². The molecule has 0 saturated heterocycles. The molecule has 0 aromatic rings. The predicted octanol–water partition coefficient (Wildman–Crippen LogP) is 2.79. The first-order valence-electron chi connectivity index (χ1n) is 4.38. The van der Waals surface area contributed by atoms with Crippen LogP contribution in [0.25, 0.3) is 0 Å². The maximum Gasteiger partial charge on any atom is 0.305 e. The summed E-state index contributed by atoms with van der Waals surface area (Å²) in [6, 6.07) is 0. The topological polar surface area (TPSA) is 26.3 Å². The minimum absolute atomic E-state index is 0.0476. The standard InChI is InChI=1S/C9H17IO2/c1-8(2)7-12-9(11)5-3-4-6-10/h8H,3-7H2,1-2H3. The molecule has 0 bridgehead atoms. The number of hydrogen-bond acceptors (Lipinski definition) is 2. The Balaban J connectivity index is 3.22. The maximum absolute atomic E-state index is 11.0. The Kier molecular flexibility index (Phi) is 7.96. The molecule has 0 aliphatic rings. The van der Waals surface area contributed by atoms with E-state index in [1.165, 1.54) is 0 Å². The molecule has 0 atom stereocenters. The van der Waals surface area contributed by atoms with E-state index in [1.807, 2.05) is 13.8 Å². The van der Waals surface area contributed by atoms with E-state index in [0.29, 0.717) is 18.9 Å². The molecule has 0 spiro atoms. The molecule has 0 amide bonds. The number of esters is 1. The number of alkyl halides is 1. The fraction of sp³-hybridized carbons (Fsp3) is 0.889. The highest BCUT2D eigenvalue weighted by atomic mass is 127. The van der Waals surface area contributed by atoms with Crippen molar-refractivity contribution in [2.24, 2.45) is 5.92 Å². The van der Waals surface area contributed by atoms with Gasteiger partial charge in [-0.25, -0.2) is 0 Å². The summed E-state index contributed by atoms with van der Waals surface area (Å²) in [4.78, 5) is 11.0. The van der Waals surface area contributed by atoms with Crippen molar-refractivity contribution in [3.05, 3.63) is 0 Å². The normalized spacial score (nSPS) is 10.3. The van der Waals surface area contributed by atoms with Crippen LogP contribution in [0.5, 0.6) is 0 Å². The molecular formula is C9H17IO2. The highest BCUT2D eigenvalue weighted by Gasteiger charge is 2.02. The summed E-state index contributed by atoms with van der Waals surface area (Å²) in [5.41, 5.74) is 0. The van der Waals surface area contributed by atoms with E-state index < -0.39 is 0 Å². The summed E-state index contributed by atoms with van der Waals surface area (Å²) in [5.74, 6) is 0.395. The lowest BCUT2D eigenvalue weighted by molar-refractivity contribution is -0.144. The molecule has 0 unspecified atom stereocenters. The van der Waals surface area contributed by atoms with E-state index in [4.69, 9.17) is 4.74 Å². The van der Waals surface area contributed by atoms with Crippen molar-refractivity contribution in [1.29, 1.82) is 0 Å². The van der Waals surface area contributed by atoms with Crippen LogP contribution in [0.3, 0.4) is 0 Å². The van der Waals surface area contributed by atoms with Crippen LogP contribution in [0.4, 0.5) is 0 Å². The van der Waals surface area contributed by atoms with Gasteiger partial charge in [-0.1, -0.05) is 36.4 Å². The largest absolute Gasteiger partial charge is 0.465 e. The van der Waals surface area contributed by atoms with Gasteiger partial charge in [-0.05, 0) is 23.2 Å². The molecule has 0 aromatic heterocycles. The zero-order chi connectivity index (χ0) is 9.40. The zero-order valence-electron chi connectivity index (χ0n) is 7.81. The molecular weight excluding hydrogens is 267 g/mol. The number of ether oxygens (including phenoxy) is 1. The van der Waals surface area contributed by atoms with Crippen LogP contribution in [0.2, 0.25) is 0 Å². The highest BCUT2D eigenvalue weighted by molar-refractivity contribution is 14.1. The van der Waals surface area contributed by atoms with Crippen molar-refractivity contribution < 1.29 is 9.53 Å². The van der Waals surface area contributed by atoms with Crippen LogP contribution in [0.15, 0.2) is 0 Å². The molecule has 0 aromatic carbocycles. The molecule has 0 aliphatic heterocycles. The quantitative estimate of drug-likeness (QED) is 0.324. The summed E-state index contributed by atoms with van der Waals surface area (Å²) in [6.45, 7) is 4.64. The third kappa shape index (κ3) is 8.30. The monoisotopic (exact) mass is 284 g/mol. The van der Waals surface area contributed by atoms with Gasteiger partial charge < -0.3 is 4.74 Å². The third-order valence-electron chi connectivity index (χ3n) is 1.34. The van der Waals surface area contributed by atoms with Crippen molar-refractivity contribution in [3.63, 3.8) is 0 Å². The van der Waals surface area contributed by atoms with Crippen LogP contribution in [-0.2, 0) is 9.53 Å². The number of carbonyl (C=O) groups is 1. The van der Waals surface area contributed by atoms with Crippen molar-refractivity contribution in [2.75, 3.05) is 11.0 Å². The maximum atomic E-state index is 11.0. The first-order chi connectivity index (χ1) is 5.66. The zero-order valence-corrected chi connectivity index (χ0v) is 9.96. The Hall–Kier alpha value is 0.200. The molecule has 72 valence electrons. The van der Waals surface area contributed by atoms with E-state index in [2.05, 4.69) is 22.6 Å². The molecule has 0 heterocycles. The summed E-state index contributed by atoms with van der Waals surface area (Å²) in [6.07, 6.45) is 2.65. The number of hydrogen-bond donors (Lipinski definition) is 0. The minimum atomic E-state index is -0.0476. The van der Waals surface area contributed by atoms with Gasteiger partial charge in [-0.15, -0.1) is 0 Å². The van der Waals surface area contributed by atoms with E-state index in [1.54, 1.807) is 0 Å². The average molecular weight is 284 g/mol. The van der Waals surface area contributed by atoms with Gasteiger partial charge in [-0.3, -0.25) is 4.79 Å². The molecule has 0 N–H and O–H groups in total. The van der Waals surface area contributed by atoms with Gasteiger partial charge in [-0.2, -0.15) is 0 Å². The second-order valence-corrected chi connectivity index (χ2v) is 4.30. The number of unbranched alkanes of at least 4 members (excludes halogenated alkanes) is 1. The molecule has 0 aliphatic carbocycles. The Morgan fingerprint density at radius 3 is 2.58 bits per heavy atom. The van der Waals surface area contributed by atoms with Gasteiger partial charge in [0, 0.05) is 6.42 Å². The summed E-state index contributed by atoms with van der Waals surface area (Å²) in [5, 5.41) is 0. The Morgan fingerprint density at radius 1 is 1.42 bits per heavy atom. The third-order valence-corrected chi connectivity index (χ3v) is 2.10. The van der Waals surface area contributed by atoms with Gasteiger partial charge in [0.05, 0.1) is 6.61 Å². The van der Waals surface area contributed by atoms with Crippen LogP contribution < -0.4 is 0 Å². The van der Waals surface area contributed by atoms with Gasteiger partial charge in [0.25, 0.3) is 0 Å². The highest BCUT2D eigenvalue weighted by Crippen LogP contribution is 2.01. The van der Waals surface area contributed by atoms with Crippen LogP contribution >= 0.6 is 22.6 Å².